The van der Waals surface area contributed by atoms with Gasteiger partial charge in [0.05, 0.1) is 12.1 Å². The number of aromatic nitrogens is 1. The summed E-state index contributed by atoms with van der Waals surface area (Å²) in [5.74, 6) is 0.459. The molecule has 1 aliphatic heterocycles. The second-order valence-corrected chi connectivity index (χ2v) is 6.63. The van der Waals surface area contributed by atoms with Crippen molar-refractivity contribution in [3.8, 4) is 6.07 Å². The quantitative estimate of drug-likeness (QED) is 0.807. The van der Waals surface area contributed by atoms with Crippen LogP contribution in [0.15, 0.2) is 42.6 Å². The van der Waals surface area contributed by atoms with E-state index in [1.807, 2.05) is 0 Å². The van der Waals surface area contributed by atoms with Gasteiger partial charge in [-0.2, -0.15) is 5.26 Å². The Morgan fingerprint density at radius 1 is 1.22 bits per heavy atom. The molecule has 6 nitrogen and oxygen atoms in total. The monoisotopic (exact) mass is 367 g/mol. The molecule has 0 bridgehead atoms. The number of carbonyl (C=O) groups excluding carboxylic acids is 1. The second kappa shape index (κ2) is 8.60. The Balaban J connectivity index is 1.50. The molecule has 1 amide bonds. The predicted octanol–water partition coefficient (Wildman–Crippen LogP) is 1.87. The number of benzene rings is 1. The molecule has 27 heavy (non-hydrogen) atoms. The van der Waals surface area contributed by atoms with E-state index in [0.717, 1.165) is 31.7 Å². The standard InChI is InChI=1S/C20H22FN5O/c1-24(14-16-4-6-18(21)7-5-16)19(27)15-25-9-11-26(12-10-25)20-17(13-22)3-2-8-23-20/h2-8H,9-12,14-15H2,1H3. The van der Waals surface area contributed by atoms with Gasteiger partial charge in [-0.3, -0.25) is 9.69 Å². The van der Waals surface area contributed by atoms with E-state index < -0.39 is 0 Å². The third-order valence-corrected chi connectivity index (χ3v) is 4.70. The van der Waals surface area contributed by atoms with Crippen LogP contribution in [0, 0.1) is 17.1 Å². The van der Waals surface area contributed by atoms with Crippen LogP contribution in [0.3, 0.4) is 0 Å². The Morgan fingerprint density at radius 3 is 2.59 bits per heavy atom. The van der Waals surface area contributed by atoms with Crippen molar-refractivity contribution in [1.82, 2.24) is 14.8 Å². The van der Waals surface area contributed by atoms with Crippen LogP contribution in [0.1, 0.15) is 11.1 Å². The fourth-order valence-electron chi connectivity index (χ4n) is 3.12. The van der Waals surface area contributed by atoms with E-state index in [9.17, 15) is 14.4 Å². The lowest BCUT2D eigenvalue weighted by atomic mass is 10.2. The summed E-state index contributed by atoms with van der Waals surface area (Å²) in [7, 11) is 1.76. The van der Waals surface area contributed by atoms with Crippen LogP contribution >= 0.6 is 0 Å². The van der Waals surface area contributed by atoms with E-state index in [-0.39, 0.29) is 11.7 Å². The average Bonchev–Trinajstić information content (AvgIpc) is 2.70. The van der Waals surface area contributed by atoms with E-state index >= 15 is 0 Å². The van der Waals surface area contributed by atoms with E-state index in [4.69, 9.17) is 0 Å². The second-order valence-electron chi connectivity index (χ2n) is 6.63. The van der Waals surface area contributed by atoms with Crippen LogP contribution < -0.4 is 4.90 Å². The minimum Gasteiger partial charge on any atom is -0.353 e. The molecule has 0 atom stereocenters. The molecule has 1 saturated heterocycles. The highest BCUT2D eigenvalue weighted by Crippen LogP contribution is 2.18. The summed E-state index contributed by atoms with van der Waals surface area (Å²) in [5.41, 5.74) is 1.47. The van der Waals surface area contributed by atoms with Crippen LogP contribution in [-0.4, -0.2) is 60.5 Å². The van der Waals surface area contributed by atoms with Gasteiger partial charge in [0.1, 0.15) is 17.7 Å². The summed E-state index contributed by atoms with van der Waals surface area (Å²) in [5, 5.41) is 9.22. The van der Waals surface area contributed by atoms with Crippen LogP contribution in [0.25, 0.3) is 0 Å². The van der Waals surface area contributed by atoms with Crippen molar-refractivity contribution >= 4 is 11.7 Å². The topological polar surface area (TPSA) is 63.5 Å². The zero-order valence-corrected chi connectivity index (χ0v) is 15.3. The van der Waals surface area contributed by atoms with Gasteiger partial charge in [0, 0.05) is 46.0 Å². The van der Waals surface area contributed by atoms with E-state index in [0.29, 0.717) is 24.5 Å². The molecule has 0 spiro atoms. The molecule has 1 aromatic heterocycles. The highest BCUT2D eigenvalue weighted by atomic mass is 19.1. The third kappa shape index (κ3) is 4.80. The maximum Gasteiger partial charge on any atom is 0.236 e. The Morgan fingerprint density at radius 2 is 1.93 bits per heavy atom. The summed E-state index contributed by atoms with van der Waals surface area (Å²) >= 11 is 0. The summed E-state index contributed by atoms with van der Waals surface area (Å²) in [4.78, 5) is 22.6. The maximum absolute atomic E-state index is 13.0. The van der Waals surface area contributed by atoms with Gasteiger partial charge in [0.25, 0.3) is 0 Å². The van der Waals surface area contributed by atoms with Crippen LogP contribution in [0.4, 0.5) is 10.2 Å². The van der Waals surface area contributed by atoms with E-state index in [1.165, 1.54) is 12.1 Å². The molecule has 0 N–H and O–H groups in total. The highest BCUT2D eigenvalue weighted by molar-refractivity contribution is 5.78. The molecular formula is C20H22FN5O. The molecule has 0 unspecified atom stereocenters. The average molecular weight is 367 g/mol. The molecule has 2 heterocycles. The van der Waals surface area contributed by atoms with E-state index in [1.54, 1.807) is 42.4 Å². The first-order chi connectivity index (χ1) is 13.1. The first-order valence-electron chi connectivity index (χ1n) is 8.87. The van der Waals surface area contributed by atoms with Gasteiger partial charge >= 0.3 is 0 Å². The van der Waals surface area contributed by atoms with Crippen molar-refractivity contribution in [2.24, 2.45) is 0 Å². The Hall–Kier alpha value is -2.98. The Kier molecular flexibility index (Phi) is 5.99. The molecule has 1 fully saturated rings. The number of carbonyl (C=O) groups is 1. The van der Waals surface area contributed by atoms with Crippen molar-refractivity contribution in [3.63, 3.8) is 0 Å². The third-order valence-electron chi connectivity index (χ3n) is 4.70. The molecule has 2 aromatic rings. The number of pyridine rings is 1. The van der Waals surface area contributed by atoms with Gasteiger partial charge in [-0.15, -0.1) is 0 Å². The molecular weight excluding hydrogens is 345 g/mol. The summed E-state index contributed by atoms with van der Waals surface area (Å²) in [6.45, 7) is 3.72. The number of nitriles is 1. The number of piperazine rings is 1. The van der Waals surface area contributed by atoms with Crippen molar-refractivity contribution in [2.45, 2.75) is 6.54 Å². The van der Waals surface area contributed by atoms with Gasteiger partial charge in [-0.05, 0) is 29.8 Å². The smallest absolute Gasteiger partial charge is 0.236 e. The number of hydrogen-bond donors (Lipinski definition) is 0. The van der Waals surface area contributed by atoms with Gasteiger partial charge in [-0.1, -0.05) is 12.1 Å². The Bertz CT molecular complexity index is 825. The van der Waals surface area contributed by atoms with Gasteiger partial charge in [0.15, 0.2) is 0 Å². The van der Waals surface area contributed by atoms with E-state index in [2.05, 4.69) is 20.9 Å². The first kappa shape index (κ1) is 18.8. The molecule has 140 valence electrons. The number of halogens is 1. The molecule has 0 saturated carbocycles. The van der Waals surface area contributed by atoms with Gasteiger partial charge in [0.2, 0.25) is 5.91 Å². The van der Waals surface area contributed by atoms with Crippen molar-refractivity contribution in [2.75, 3.05) is 44.7 Å². The van der Waals surface area contributed by atoms with Crippen LogP contribution in [-0.2, 0) is 11.3 Å². The number of nitrogens with zero attached hydrogens (tertiary/aromatic N) is 5. The molecule has 7 heteroatoms. The first-order valence-corrected chi connectivity index (χ1v) is 8.87. The summed E-state index contributed by atoms with van der Waals surface area (Å²) < 4.78 is 13.0. The SMILES string of the molecule is CN(Cc1ccc(F)cc1)C(=O)CN1CCN(c2ncccc2C#N)CC1. The Labute approximate surface area is 158 Å². The number of rotatable bonds is 5. The van der Waals surface area contributed by atoms with Crippen molar-refractivity contribution in [1.29, 1.82) is 5.26 Å². The molecule has 1 aromatic carbocycles. The zero-order chi connectivity index (χ0) is 19.2. The minimum absolute atomic E-state index is 0.0309. The fourth-order valence-corrected chi connectivity index (χ4v) is 3.12. The van der Waals surface area contributed by atoms with Crippen molar-refractivity contribution < 1.29 is 9.18 Å². The van der Waals surface area contributed by atoms with Crippen molar-refractivity contribution in [3.05, 3.63) is 59.5 Å². The van der Waals surface area contributed by atoms with Crippen LogP contribution in [0.5, 0.6) is 0 Å². The summed E-state index contributed by atoms with van der Waals surface area (Å²) in [6, 6.07) is 11.9. The lowest BCUT2D eigenvalue weighted by Gasteiger charge is -2.35. The van der Waals surface area contributed by atoms with Gasteiger partial charge < -0.3 is 9.80 Å². The normalized spacial score (nSPS) is 14.6. The molecule has 0 aliphatic carbocycles. The maximum atomic E-state index is 13.0. The van der Waals surface area contributed by atoms with Gasteiger partial charge in [-0.25, -0.2) is 9.37 Å². The number of likely N-dealkylation sites (N-methyl/N-ethyl adjacent to an activating group) is 1. The fraction of sp³-hybridized carbons (Fsp3) is 0.350. The lowest BCUT2D eigenvalue weighted by molar-refractivity contribution is -0.131. The molecule has 0 radical (unpaired) electrons. The number of amides is 1. The largest absolute Gasteiger partial charge is 0.353 e. The predicted molar refractivity (Wildman–Crippen MR) is 100 cm³/mol. The molecule has 3 rings (SSSR count). The number of hydrogen-bond acceptors (Lipinski definition) is 5. The summed E-state index contributed by atoms with van der Waals surface area (Å²) in [6.07, 6.45) is 1.69. The minimum atomic E-state index is -0.280. The zero-order valence-electron chi connectivity index (χ0n) is 15.3. The molecule has 1 aliphatic rings. The van der Waals surface area contributed by atoms with Crippen LogP contribution in [0.2, 0.25) is 0 Å². The highest BCUT2D eigenvalue weighted by Gasteiger charge is 2.22. The lowest BCUT2D eigenvalue weighted by Crippen LogP contribution is -2.50. The number of anilines is 1.